The molecule has 0 aliphatic rings. The molecule has 0 aliphatic heterocycles. The van der Waals surface area contributed by atoms with Gasteiger partial charge in [0, 0.05) is 31.7 Å². The maximum Gasteiger partial charge on any atom is 0.287 e. The van der Waals surface area contributed by atoms with E-state index in [2.05, 4.69) is 39.1 Å². The minimum absolute atomic E-state index is 0. The molecule has 3 N–H and O–H groups in total. The van der Waals surface area contributed by atoms with Crippen LogP contribution in [0.5, 0.6) is 5.75 Å². The molecule has 0 saturated carbocycles. The summed E-state index contributed by atoms with van der Waals surface area (Å²) in [5.74, 6) is 1.88. The first kappa shape index (κ1) is 25.8. The SMILES string of the molecule is CCNC(=NCCCNC(=O)c1occc1C)NCCc1ccc(C)c(OC)c1.I. The largest absolute Gasteiger partial charge is 0.496 e. The average Bonchev–Trinajstić information content (AvgIpc) is 3.14. The zero-order valence-electron chi connectivity index (χ0n) is 18.2. The third-order valence-electron chi connectivity index (χ3n) is 4.48. The maximum absolute atomic E-state index is 12.0. The lowest BCUT2D eigenvalue weighted by Crippen LogP contribution is -2.38. The second kappa shape index (κ2) is 13.9. The molecule has 166 valence electrons. The molecule has 0 spiro atoms. The summed E-state index contributed by atoms with van der Waals surface area (Å²) in [6.07, 6.45) is 3.15. The summed E-state index contributed by atoms with van der Waals surface area (Å²) in [7, 11) is 1.69. The molecular formula is C22H33IN4O3. The Morgan fingerprint density at radius 1 is 1.10 bits per heavy atom. The van der Waals surface area contributed by atoms with E-state index in [1.165, 1.54) is 11.8 Å². The Morgan fingerprint density at radius 2 is 1.90 bits per heavy atom. The quantitative estimate of drug-likeness (QED) is 0.190. The number of amides is 1. The smallest absolute Gasteiger partial charge is 0.287 e. The molecule has 0 saturated heterocycles. The second-order valence-electron chi connectivity index (χ2n) is 6.78. The molecule has 0 aliphatic carbocycles. The number of halogens is 1. The molecule has 8 heteroatoms. The van der Waals surface area contributed by atoms with Gasteiger partial charge in [0.05, 0.1) is 13.4 Å². The molecule has 0 unspecified atom stereocenters. The van der Waals surface area contributed by atoms with Crippen molar-refractivity contribution in [2.24, 2.45) is 4.99 Å². The van der Waals surface area contributed by atoms with E-state index in [4.69, 9.17) is 9.15 Å². The van der Waals surface area contributed by atoms with Crippen LogP contribution in [0.15, 0.2) is 39.9 Å². The molecule has 1 aromatic heterocycles. The van der Waals surface area contributed by atoms with Crippen molar-refractivity contribution in [1.29, 1.82) is 0 Å². The molecule has 30 heavy (non-hydrogen) atoms. The summed E-state index contributed by atoms with van der Waals surface area (Å²) in [5, 5.41) is 9.45. The van der Waals surface area contributed by atoms with Crippen molar-refractivity contribution in [2.45, 2.75) is 33.6 Å². The lowest BCUT2D eigenvalue weighted by molar-refractivity contribution is 0.0925. The van der Waals surface area contributed by atoms with Crippen molar-refractivity contribution < 1.29 is 13.9 Å². The van der Waals surface area contributed by atoms with Crippen molar-refractivity contribution >= 4 is 35.8 Å². The fourth-order valence-electron chi connectivity index (χ4n) is 2.84. The number of hydrogen-bond acceptors (Lipinski definition) is 4. The topological polar surface area (TPSA) is 87.9 Å². The normalized spacial score (nSPS) is 10.9. The number of nitrogens with zero attached hydrogens (tertiary/aromatic N) is 1. The van der Waals surface area contributed by atoms with Crippen LogP contribution < -0.4 is 20.7 Å². The second-order valence-corrected chi connectivity index (χ2v) is 6.78. The fourth-order valence-corrected chi connectivity index (χ4v) is 2.84. The number of rotatable bonds is 10. The number of carbonyl (C=O) groups excluding carboxylic acids is 1. The van der Waals surface area contributed by atoms with Crippen LogP contribution in [0, 0.1) is 13.8 Å². The first-order valence-corrected chi connectivity index (χ1v) is 10.0. The molecule has 1 aromatic carbocycles. The molecular weight excluding hydrogens is 495 g/mol. The summed E-state index contributed by atoms with van der Waals surface area (Å²) in [5.41, 5.74) is 3.19. The van der Waals surface area contributed by atoms with E-state index < -0.39 is 0 Å². The van der Waals surface area contributed by atoms with E-state index in [1.807, 2.05) is 20.8 Å². The van der Waals surface area contributed by atoms with Gasteiger partial charge in [0.15, 0.2) is 11.7 Å². The maximum atomic E-state index is 12.0. The summed E-state index contributed by atoms with van der Waals surface area (Å²) in [6, 6.07) is 8.05. The van der Waals surface area contributed by atoms with Gasteiger partial charge in [-0.3, -0.25) is 9.79 Å². The Kier molecular flexibility index (Phi) is 12.0. The number of aryl methyl sites for hydroxylation is 2. The van der Waals surface area contributed by atoms with Gasteiger partial charge in [-0.15, -0.1) is 24.0 Å². The van der Waals surface area contributed by atoms with Crippen molar-refractivity contribution in [3.05, 3.63) is 53.0 Å². The lowest BCUT2D eigenvalue weighted by atomic mass is 10.1. The first-order valence-electron chi connectivity index (χ1n) is 10.0. The first-order chi connectivity index (χ1) is 14.0. The zero-order valence-corrected chi connectivity index (χ0v) is 20.5. The molecule has 0 radical (unpaired) electrons. The number of aliphatic imine (C=N–C) groups is 1. The summed E-state index contributed by atoms with van der Waals surface area (Å²) >= 11 is 0. The van der Waals surface area contributed by atoms with Gasteiger partial charge in [-0.1, -0.05) is 12.1 Å². The van der Waals surface area contributed by atoms with Gasteiger partial charge in [-0.05, 0) is 56.9 Å². The molecule has 1 amide bonds. The number of benzene rings is 1. The number of ether oxygens (including phenoxy) is 1. The van der Waals surface area contributed by atoms with Crippen LogP contribution >= 0.6 is 24.0 Å². The molecule has 0 atom stereocenters. The third kappa shape index (κ3) is 8.25. The van der Waals surface area contributed by atoms with E-state index >= 15 is 0 Å². The van der Waals surface area contributed by atoms with Gasteiger partial charge in [-0.2, -0.15) is 0 Å². The molecule has 0 bridgehead atoms. The summed E-state index contributed by atoms with van der Waals surface area (Å²) < 4.78 is 10.6. The Bertz CT molecular complexity index is 820. The molecule has 1 heterocycles. The van der Waals surface area contributed by atoms with Gasteiger partial charge in [0.2, 0.25) is 0 Å². The van der Waals surface area contributed by atoms with Crippen LogP contribution in [-0.2, 0) is 6.42 Å². The van der Waals surface area contributed by atoms with Crippen LogP contribution in [0.2, 0.25) is 0 Å². The monoisotopic (exact) mass is 528 g/mol. The van der Waals surface area contributed by atoms with E-state index in [-0.39, 0.29) is 29.9 Å². The summed E-state index contributed by atoms with van der Waals surface area (Å²) in [4.78, 5) is 16.6. The Labute approximate surface area is 196 Å². The van der Waals surface area contributed by atoms with Crippen molar-refractivity contribution in [1.82, 2.24) is 16.0 Å². The van der Waals surface area contributed by atoms with Crippen molar-refractivity contribution in [3.63, 3.8) is 0 Å². The molecule has 7 nitrogen and oxygen atoms in total. The minimum Gasteiger partial charge on any atom is -0.496 e. The highest BCUT2D eigenvalue weighted by Crippen LogP contribution is 2.19. The Hall–Kier alpha value is -2.23. The minimum atomic E-state index is -0.185. The zero-order chi connectivity index (χ0) is 21.1. The molecule has 2 rings (SSSR count). The predicted molar refractivity (Wildman–Crippen MR) is 131 cm³/mol. The number of hydrogen-bond donors (Lipinski definition) is 3. The van der Waals surface area contributed by atoms with Crippen LogP contribution in [0.25, 0.3) is 0 Å². The lowest BCUT2D eigenvalue weighted by Gasteiger charge is -2.12. The van der Waals surface area contributed by atoms with Crippen LogP contribution in [0.4, 0.5) is 0 Å². The van der Waals surface area contributed by atoms with E-state index in [0.717, 1.165) is 48.8 Å². The Morgan fingerprint density at radius 3 is 2.57 bits per heavy atom. The van der Waals surface area contributed by atoms with E-state index in [9.17, 15) is 4.79 Å². The van der Waals surface area contributed by atoms with Gasteiger partial charge < -0.3 is 25.1 Å². The number of methoxy groups -OCH3 is 1. The molecule has 2 aromatic rings. The van der Waals surface area contributed by atoms with Crippen molar-refractivity contribution in [2.75, 3.05) is 33.3 Å². The van der Waals surface area contributed by atoms with Gasteiger partial charge >= 0.3 is 0 Å². The number of nitrogens with one attached hydrogen (secondary N) is 3. The number of furan rings is 1. The number of guanidine groups is 1. The van der Waals surface area contributed by atoms with Crippen LogP contribution in [0.3, 0.4) is 0 Å². The van der Waals surface area contributed by atoms with E-state index in [1.54, 1.807) is 13.2 Å². The standard InChI is InChI=1S/C22H32N4O3.HI/c1-5-23-22(26-13-9-18-8-7-16(2)19(15-18)28-4)25-12-6-11-24-21(27)20-17(3)10-14-29-20;/h7-8,10,14-15H,5-6,9,11-13H2,1-4H3,(H,24,27)(H2,23,25,26);1H. The van der Waals surface area contributed by atoms with Gasteiger partial charge in [-0.25, -0.2) is 0 Å². The highest BCUT2D eigenvalue weighted by atomic mass is 127. The average molecular weight is 528 g/mol. The number of carbonyl (C=O) groups is 1. The van der Waals surface area contributed by atoms with Gasteiger partial charge in [0.1, 0.15) is 5.75 Å². The van der Waals surface area contributed by atoms with Crippen LogP contribution in [0.1, 0.15) is 40.6 Å². The predicted octanol–water partition coefficient (Wildman–Crippen LogP) is 3.44. The third-order valence-corrected chi connectivity index (χ3v) is 4.48. The highest BCUT2D eigenvalue weighted by Gasteiger charge is 2.11. The Balaban J connectivity index is 0.00000450. The van der Waals surface area contributed by atoms with Crippen LogP contribution in [-0.4, -0.2) is 45.2 Å². The summed E-state index contributed by atoms with van der Waals surface area (Å²) in [6.45, 7) is 8.65. The van der Waals surface area contributed by atoms with Crippen molar-refractivity contribution in [3.8, 4) is 5.75 Å². The van der Waals surface area contributed by atoms with Gasteiger partial charge in [0.25, 0.3) is 5.91 Å². The van der Waals surface area contributed by atoms with E-state index in [0.29, 0.717) is 18.8 Å². The fraction of sp³-hybridized carbons (Fsp3) is 0.455. The molecule has 0 fully saturated rings. The highest BCUT2D eigenvalue weighted by molar-refractivity contribution is 14.0.